The zero-order chi connectivity index (χ0) is 11.4. The van der Waals surface area contributed by atoms with Crippen LogP contribution in [0.1, 0.15) is 36.5 Å². The van der Waals surface area contributed by atoms with Gasteiger partial charge in [0.15, 0.2) is 0 Å². The molecule has 1 aromatic carbocycles. The Hall–Kier alpha value is -1.02. The van der Waals surface area contributed by atoms with Gasteiger partial charge in [-0.3, -0.25) is 0 Å². The van der Waals surface area contributed by atoms with Crippen LogP contribution >= 0.6 is 0 Å². The standard InChI is InChI=1S/C13H21NO/c1-9(2)11-6-5-10(3)12(13(11)15)7-8-14-4/h5-6,9,14-15H,7-8H2,1-4H3. The minimum absolute atomic E-state index is 0.374. The van der Waals surface area contributed by atoms with E-state index in [9.17, 15) is 5.11 Å². The maximum Gasteiger partial charge on any atom is 0.122 e. The number of hydrogen-bond acceptors (Lipinski definition) is 2. The third-order valence-electron chi connectivity index (χ3n) is 2.80. The van der Waals surface area contributed by atoms with Crippen molar-refractivity contribution in [3.8, 4) is 5.75 Å². The first kappa shape index (κ1) is 12.1. The largest absolute Gasteiger partial charge is 0.507 e. The molecule has 15 heavy (non-hydrogen) atoms. The Kier molecular flexibility index (Phi) is 4.15. The molecule has 0 heterocycles. The molecule has 0 bridgehead atoms. The molecule has 0 aromatic heterocycles. The molecule has 0 aliphatic heterocycles. The zero-order valence-corrected chi connectivity index (χ0v) is 10.1. The van der Waals surface area contributed by atoms with Crippen LogP contribution in [0.25, 0.3) is 0 Å². The van der Waals surface area contributed by atoms with E-state index in [0.29, 0.717) is 11.7 Å². The van der Waals surface area contributed by atoms with Crippen LogP contribution in [-0.2, 0) is 6.42 Å². The van der Waals surface area contributed by atoms with Crippen molar-refractivity contribution in [1.82, 2.24) is 5.32 Å². The number of phenols is 1. The van der Waals surface area contributed by atoms with Gasteiger partial charge in [0.2, 0.25) is 0 Å². The molecular formula is C13H21NO. The number of aromatic hydroxyl groups is 1. The average Bonchev–Trinajstić information content (AvgIpc) is 2.17. The summed E-state index contributed by atoms with van der Waals surface area (Å²) in [4.78, 5) is 0. The molecular weight excluding hydrogens is 186 g/mol. The van der Waals surface area contributed by atoms with E-state index in [2.05, 4.69) is 32.2 Å². The van der Waals surface area contributed by atoms with Crippen molar-refractivity contribution in [2.75, 3.05) is 13.6 Å². The van der Waals surface area contributed by atoms with E-state index in [0.717, 1.165) is 24.1 Å². The third kappa shape index (κ3) is 2.72. The van der Waals surface area contributed by atoms with E-state index < -0.39 is 0 Å². The van der Waals surface area contributed by atoms with E-state index in [1.54, 1.807) is 0 Å². The topological polar surface area (TPSA) is 32.3 Å². The van der Waals surface area contributed by atoms with Crippen LogP contribution in [0.3, 0.4) is 0 Å². The summed E-state index contributed by atoms with van der Waals surface area (Å²) in [6.07, 6.45) is 0.884. The number of nitrogens with one attached hydrogen (secondary N) is 1. The van der Waals surface area contributed by atoms with Gasteiger partial charge in [0.05, 0.1) is 0 Å². The van der Waals surface area contributed by atoms with Gasteiger partial charge in [-0.15, -0.1) is 0 Å². The van der Waals surface area contributed by atoms with Crippen molar-refractivity contribution in [2.45, 2.75) is 33.1 Å². The first-order chi connectivity index (χ1) is 7.07. The normalized spacial score (nSPS) is 11.0. The first-order valence-corrected chi connectivity index (χ1v) is 5.53. The van der Waals surface area contributed by atoms with Crippen LogP contribution in [0.4, 0.5) is 0 Å². The highest BCUT2D eigenvalue weighted by Crippen LogP contribution is 2.31. The molecule has 0 saturated heterocycles. The molecule has 0 spiro atoms. The molecule has 0 radical (unpaired) electrons. The lowest BCUT2D eigenvalue weighted by molar-refractivity contribution is 0.456. The molecule has 84 valence electrons. The van der Waals surface area contributed by atoms with Crippen molar-refractivity contribution < 1.29 is 5.11 Å². The SMILES string of the molecule is CNCCc1c(C)ccc(C(C)C)c1O. The first-order valence-electron chi connectivity index (χ1n) is 5.53. The molecule has 1 rings (SSSR count). The number of benzene rings is 1. The van der Waals surface area contributed by atoms with Crippen LogP contribution in [0.5, 0.6) is 5.75 Å². The quantitative estimate of drug-likeness (QED) is 0.795. The number of rotatable bonds is 4. The molecule has 0 saturated carbocycles. The Morgan fingerprint density at radius 2 is 2.00 bits per heavy atom. The van der Waals surface area contributed by atoms with Gasteiger partial charge in [-0.05, 0) is 49.5 Å². The maximum atomic E-state index is 10.1. The fourth-order valence-electron chi connectivity index (χ4n) is 1.79. The Morgan fingerprint density at radius 3 is 2.53 bits per heavy atom. The van der Waals surface area contributed by atoms with Crippen LogP contribution in [-0.4, -0.2) is 18.7 Å². The van der Waals surface area contributed by atoms with Gasteiger partial charge in [0, 0.05) is 0 Å². The summed E-state index contributed by atoms with van der Waals surface area (Å²) < 4.78 is 0. The second-order valence-electron chi connectivity index (χ2n) is 4.31. The lowest BCUT2D eigenvalue weighted by Crippen LogP contribution is -2.11. The van der Waals surface area contributed by atoms with Crippen molar-refractivity contribution in [2.24, 2.45) is 0 Å². The number of likely N-dealkylation sites (N-methyl/N-ethyl adjacent to an activating group) is 1. The van der Waals surface area contributed by atoms with Crippen LogP contribution in [0.2, 0.25) is 0 Å². The number of aryl methyl sites for hydroxylation is 1. The van der Waals surface area contributed by atoms with Crippen molar-refractivity contribution in [3.05, 3.63) is 28.8 Å². The number of phenolic OH excluding ortho intramolecular Hbond substituents is 1. The number of hydrogen-bond donors (Lipinski definition) is 2. The average molecular weight is 207 g/mol. The van der Waals surface area contributed by atoms with Gasteiger partial charge in [-0.2, -0.15) is 0 Å². The van der Waals surface area contributed by atoms with Gasteiger partial charge in [-0.1, -0.05) is 26.0 Å². The Balaban J connectivity index is 3.06. The molecule has 0 unspecified atom stereocenters. The fraction of sp³-hybridized carbons (Fsp3) is 0.538. The Bertz CT molecular complexity index is 332. The smallest absolute Gasteiger partial charge is 0.122 e. The zero-order valence-electron chi connectivity index (χ0n) is 10.1. The van der Waals surface area contributed by atoms with Crippen LogP contribution < -0.4 is 5.32 Å². The van der Waals surface area contributed by atoms with Crippen LogP contribution in [0.15, 0.2) is 12.1 Å². The second-order valence-corrected chi connectivity index (χ2v) is 4.31. The molecule has 0 aliphatic rings. The molecule has 0 atom stereocenters. The molecule has 1 aromatic rings. The van der Waals surface area contributed by atoms with E-state index in [-0.39, 0.29) is 0 Å². The minimum atomic E-state index is 0.374. The summed E-state index contributed by atoms with van der Waals surface area (Å²) in [7, 11) is 1.93. The highest BCUT2D eigenvalue weighted by Gasteiger charge is 2.11. The summed E-state index contributed by atoms with van der Waals surface area (Å²) in [5, 5.41) is 13.2. The maximum absolute atomic E-state index is 10.1. The molecule has 2 nitrogen and oxygen atoms in total. The Morgan fingerprint density at radius 1 is 1.33 bits per heavy atom. The summed E-state index contributed by atoms with van der Waals surface area (Å²) in [5.74, 6) is 0.860. The molecule has 0 fully saturated rings. The van der Waals surface area contributed by atoms with E-state index >= 15 is 0 Å². The molecule has 0 amide bonds. The van der Waals surface area contributed by atoms with Gasteiger partial charge in [0.1, 0.15) is 5.75 Å². The second kappa shape index (κ2) is 5.17. The third-order valence-corrected chi connectivity index (χ3v) is 2.80. The highest BCUT2D eigenvalue weighted by molar-refractivity contribution is 5.46. The molecule has 2 heteroatoms. The van der Waals surface area contributed by atoms with Gasteiger partial charge >= 0.3 is 0 Å². The van der Waals surface area contributed by atoms with Crippen molar-refractivity contribution in [1.29, 1.82) is 0 Å². The summed E-state index contributed by atoms with van der Waals surface area (Å²) in [6, 6.07) is 4.12. The highest BCUT2D eigenvalue weighted by atomic mass is 16.3. The van der Waals surface area contributed by atoms with Crippen molar-refractivity contribution >= 4 is 0 Å². The molecule has 0 aliphatic carbocycles. The summed E-state index contributed by atoms with van der Waals surface area (Å²) in [6.45, 7) is 7.16. The Labute approximate surface area is 92.3 Å². The monoisotopic (exact) mass is 207 g/mol. The van der Waals surface area contributed by atoms with Crippen LogP contribution in [0, 0.1) is 6.92 Å². The molecule has 2 N–H and O–H groups in total. The van der Waals surface area contributed by atoms with Gasteiger partial charge < -0.3 is 10.4 Å². The fourth-order valence-corrected chi connectivity index (χ4v) is 1.79. The lowest BCUT2D eigenvalue weighted by atomic mass is 9.94. The minimum Gasteiger partial charge on any atom is -0.507 e. The summed E-state index contributed by atoms with van der Waals surface area (Å²) in [5.41, 5.74) is 3.30. The van der Waals surface area contributed by atoms with E-state index in [4.69, 9.17) is 0 Å². The van der Waals surface area contributed by atoms with Crippen molar-refractivity contribution in [3.63, 3.8) is 0 Å². The lowest BCUT2D eigenvalue weighted by Gasteiger charge is -2.14. The van der Waals surface area contributed by atoms with E-state index in [1.807, 2.05) is 13.1 Å². The van der Waals surface area contributed by atoms with Gasteiger partial charge in [0.25, 0.3) is 0 Å². The summed E-state index contributed by atoms with van der Waals surface area (Å²) >= 11 is 0. The predicted molar refractivity (Wildman–Crippen MR) is 64.6 cm³/mol. The predicted octanol–water partition coefficient (Wildman–Crippen LogP) is 2.59. The van der Waals surface area contributed by atoms with Gasteiger partial charge in [-0.25, -0.2) is 0 Å². The van der Waals surface area contributed by atoms with E-state index in [1.165, 1.54) is 5.56 Å².